The fourth-order valence-corrected chi connectivity index (χ4v) is 1.11. The summed E-state index contributed by atoms with van der Waals surface area (Å²) in [5.74, 6) is 0.109. The normalized spacial score (nSPS) is 10.8. The predicted octanol–water partition coefficient (Wildman–Crippen LogP) is 2.18. The van der Waals surface area contributed by atoms with Crippen molar-refractivity contribution >= 4 is 12.0 Å². The molecule has 15 heavy (non-hydrogen) atoms. The van der Waals surface area contributed by atoms with E-state index in [1.54, 1.807) is 18.6 Å². The Balaban J connectivity index is 2.53. The van der Waals surface area contributed by atoms with E-state index >= 15 is 0 Å². The molecule has 0 aliphatic rings. The average molecular weight is 207 g/mol. The first kappa shape index (κ1) is 11.5. The van der Waals surface area contributed by atoms with Crippen LogP contribution in [0.2, 0.25) is 0 Å². The van der Waals surface area contributed by atoms with Crippen molar-refractivity contribution in [3.05, 3.63) is 18.5 Å². The molecule has 1 N–H and O–H groups in total. The van der Waals surface area contributed by atoms with Crippen molar-refractivity contribution in [3.8, 4) is 5.75 Å². The van der Waals surface area contributed by atoms with E-state index in [0.29, 0.717) is 5.69 Å². The quantitative estimate of drug-likeness (QED) is 0.594. The van der Waals surface area contributed by atoms with Gasteiger partial charge in [-0.3, -0.25) is 4.98 Å². The van der Waals surface area contributed by atoms with Gasteiger partial charge in [0, 0.05) is 19.8 Å². The van der Waals surface area contributed by atoms with Crippen molar-refractivity contribution in [2.24, 2.45) is 4.99 Å². The molecule has 0 radical (unpaired) electrons. The second kappa shape index (κ2) is 6.01. The molecule has 0 unspecified atom stereocenters. The van der Waals surface area contributed by atoms with Crippen LogP contribution in [0, 0.1) is 0 Å². The van der Waals surface area contributed by atoms with Gasteiger partial charge in [-0.05, 0) is 12.5 Å². The summed E-state index contributed by atoms with van der Waals surface area (Å²) in [5, 5.41) is 9.40. The molecule has 0 amide bonds. The van der Waals surface area contributed by atoms with Gasteiger partial charge < -0.3 is 10.0 Å². The van der Waals surface area contributed by atoms with Gasteiger partial charge in [0.15, 0.2) is 5.75 Å². The van der Waals surface area contributed by atoms with Crippen molar-refractivity contribution in [2.75, 3.05) is 13.6 Å². The van der Waals surface area contributed by atoms with Crippen molar-refractivity contribution in [2.45, 2.75) is 19.8 Å². The summed E-state index contributed by atoms with van der Waals surface area (Å²) in [6, 6.07) is 1.68. The first-order valence-electron chi connectivity index (χ1n) is 5.11. The zero-order valence-corrected chi connectivity index (χ0v) is 9.22. The van der Waals surface area contributed by atoms with Crippen LogP contribution in [0.15, 0.2) is 23.5 Å². The number of hydrogen-bond acceptors (Lipinski definition) is 3. The van der Waals surface area contributed by atoms with Crippen LogP contribution in [0.1, 0.15) is 19.8 Å². The lowest BCUT2D eigenvalue weighted by atomic mass is 10.3. The third-order valence-corrected chi connectivity index (χ3v) is 2.04. The molecule has 0 spiro atoms. The minimum Gasteiger partial charge on any atom is -0.504 e. The summed E-state index contributed by atoms with van der Waals surface area (Å²) >= 11 is 0. The topological polar surface area (TPSA) is 48.7 Å². The van der Waals surface area contributed by atoms with Gasteiger partial charge in [0.05, 0.1) is 12.5 Å². The smallest absolute Gasteiger partial charge is 0.159 e. The maximum Gasteiger partial charge on any atom is 0.159 e. The minimum atomic E-state index is 0.109. The Labute approximate surface area is 90.3 Å². The minimum absolute atomic E-state index is 0.109. The van der Waals surface area contributed by atoms with E-state index in [2.05, 4.69) is 16.9 Å². The number of hydrogen-bond donors (Lipinski definition) is 1. The molecule has 1 rings (SSSR count). The fraction of sp³-hybridized carbons (Fsp3) is 0.455. The highest BCUT2D eigenvalue weighted by Gasteiger charge is 1.96. The van der Waals surface area contributed by atoms with Gasteiger partial charge in [-0.25, -0.2) is 4.99 Å². The highest BCUT2D eigenvalue weighted by atomic mass is 16.3. The summed E-state index contributed by atoms with van der Waals surface area (Å²) in [4.78, 5) is 9.96. The lowest BCUT2D eigenvalue weighted by molar-refractivity contribution is 0.473. The Morgan fingerprint density at radius 1 is 1.60 bits per heavy atom. The number of unbranched alkanes of at least 4 members (excludes halogenated alkanes) is 1. The zero-order chi connectivity index (χ0) is 11.1. The van der Waals surface area contributed by atoms with Gasteiger partial charge in [0.1, 0.15) is 5.69 Å². The van der Waals surface area contributed by atoms with Crippen molar-refractivity contribution in [1.82, 2.24) is 9.88 Å². The van der Waals surface area contributed by atoms with E-state index in [-0.39, 0.29) is 5.75 Å². The molecule has 1 aromatic heterocycles. The first-order valence-corrected chi connectivity index (χ1v) is 5.11. The Morgan fingerprint density at radius 2 is 2.40 bits per heavy atom. The lowest BCUT2D eigenvalue weighted by Crippen LogP contribution is -2.16. The summed E-state index contributed by atoms with van der Waals surface area (Å²) in [5.41, 5.74) is 0.549. The molecule has 1 heterocycles. The highest BCUT2D eigenvalue weighted by Crippen LogP contribution is 2.22. The van der Waals surface area contributed by atoms with E-state index in [9.17, 15) is 5.11 Å². The summed E-state index contributed by atoms with van der Waals surface area (Å²) in [7, 11) is 1.97. The maximum absolute atomic E-state index is 9.40. The molecule has 0 bridgehead atoms. The Morgan fingerprint density at radius 3 is 3.07 bits per heavy atom. The van der Waals surface area contributed by atoms with Gasteiger partial charge in [-0.2, -0.15) is 0 Å². The summed E-state index contributed by atoms with van der Waals surface area (Å²) < 4.78 is 0. The van der Waals surface area contributed by atoms with Crippen LogP contribution in [-0.4, -0.2) is 34.9 Å². The number of aromatic nitrogens is 1. The molecule has 4 heteroatoms. The van der Waals surface area contributed by atoms with Crippen molar-refractivity contribution in [1.29, 1.82) is 0 Å². The Kier molecular flexibility index (Phi) is 4.60. The van der Waals surface area contributed by atoms with Crippen LogP contribution in [0.3, 0.4) is 0 Å². The molecular weight excluding hydrogens is 190 g/mol. The van der Waals surface area contributed by atoms with E-state index in [1.807, 2.05) is 11.9 Å². The van der Waals surface area contributed by atoms with Gasteiger partial charge in [0.25, 0.3) is 0 Å². The fourth-order valence-electron chi connectivity index (χ4n) is 1.11. The van der Waals surface area contributed by atoms with Crippen LogP contribution in [0.5, 0.6) is 5.75 Å². The number of nitrogens with zero attached hydrogens (tertiary/aromatic N) is 3. The van der Waals surface area contributed by atoms with Gasteiger partial charge >= 0.3 is 0 Å². The average Bonchev–Trinajstić information content (AvgIpc) is 2.25. The molecule has 0 aromatic carbocycles. The molecule has 4 nitrogen and oxygen atoms in total. The van der Waals surface area contributed by atoms with Crippen LogP contribution < -0.4 is 0 Å². The lowest BCUT2D eigenvalue weighted by Gasteiger charge is -2.11. The molecule has 82 valence electrons. The summed E-state index contributed by atoms with van der Waals surface area (Å²) in [6.07, 6.45) is 7.03. The second-order valence-electron chi connectivity index (χ2n) is 3.44. The van der Waals surface area contributed by atoms with Crippen molar-refractivity contribution < 1.29 is 5.11 Å². The maximum atomic E-state index is 9.40. The number of aliphatic imine (C=N–C) groups is 1. The molecule has 0 fully saturated rings. The largest absolute Gasteiger partial charge is 0.504 e. The molecular formula is C11H17N3O. The standard InChI is InChI=1S/C11H17N3O/c1-3-4-7-14(2)9-13-10-5-6-12-8-11(10)15/h5-6,8-9,15H,3-4,7H2,1-2H3. The van der Waals surface area contributed by atoms with E-state index in [0.717, 1.165) is 13.0 Å². The molecule has 0 aliphatic heterocycles. The first-order chi connectivity index (χ1) is 7.24. The summed E-state index contributed by atoms with van der Waals surface area (Å²) in [6.45, 7) is 3.13. The van der Waals surface area contributed by atoms with Crippen LogP contribution in [-0.2, 0) is 0 Å². The van der Waals surface area contributed by atoms with Crippen LogP contribution in [0.4, 0.5) is 5.69 Å². The highest BCUT2D eigenvalue weighted by molar-refractivity contribution is 5.63. The molecule has 0 saturated heterocycles. The zero-order valence-electron chi connectivity index (χ0n) is 9.22. The van der Waals surface area contributed by atoms with Gasteiger partial charge in [-0.1, -0.05) is 13.3 Å². The Bertz CT molecular complexity index is 325. The van der Waals surface area contributed by atoms with E-state index < -0.39 is 0 Å². The second-order valence-corrected chi connectivity index (χ2v) is 3.44. The predicted molar refractivity (Wildman–Crippen MR) is 61.6 cm³/mol. The third kappa shape index (κ3) is 3.97. The number of pyridine rings is 1. The van der Waals surface area contributed by atoms with E-state index in [4.69, 9.17) is 0 Å². The number of aromatic hydroxyl groups is 1. The molecule has 1 aromatic rings. The molecule has 0 atom stereocenters. The molecule has 0 saturated carbocycles. The third-order valence-electron chi connectivity index (χ3n) is 2.04. The SMILES string of the molecule is CCCCN(C)C=Nc1ccncc1O. The van der Waals surface area contributed by atoms with Crippen LogP contribution in [0.25, 0.3) is 0 Å². The van der Waals surface area contributed by atoms with Gasteiger partial charge in [0.2, 0.25) is 0 Å². The number of rotatable bonds is 5. The van der Waals surface area contributed by atoms with E-state index in [1.165, 1.54) is 12.6 Å². The van der Waals surface area contributed by atoms with Crippen molar-refractivity contribution in [3.63, 3.8) is 0 Å². The van der Waals surface area contributed by atoms with Crippen LogP contribution >= 0.6 is 0 Å². The molecule has 0 aliphatic carbocycles. The Hall–Kier alpha value is -1.58. The monoisotopic (exact) mass is 207 g/mol. The van der Waals surface area contributed by atoms with Gasteiger partial charge in [-0.15, -0.1) is 0 Å².